The minimum atomic E-state index is -0.867. The number of rotatable bonds is 11. The average Bonchev–Trinajstić information content (AvgIpc) is 3.14. The van der Waals surface area contributed by atoms with Crippen LogP contribution >= 0.6 is 0 Å². The Morgan fingerprint density at radius 3 is 2.31 bits per heavy atom. The molecule has 256 valence electrons. The largest absolute Gasteiger partial charge is 0.453 e. The number of ether oxygens (including phenoxy) is 3. The molecular formula is C38H43N5O6. The van der Waals surface area contributed by atoms with Gasteiger partial charge in [-0.25, -0.2) is 9.97 Å². The van der Waals surface area contributed by atoms with Gasteiger partial charge in [0.25, 0.3) is 5.91 Å². The molecule has 2 aliphatic rings. The van der Waals surface area contributed by atoms with Crippen LogP contribution < -0.4 is 10.2 Å². The maximum absolute atomic E-state index is 12.5. The van der Waals surface area contributed by atoms with Crippen LogP contribution in [0.1, 0.15) is 54.9 Å². The number of nitrogens with one attached hydrogen (secondary N) is 1. The van der Waals surface area contributed by atoms with Gasteiger partial charge in [-0.15, -0.1) is 0 Å². The van der Waals surface area contributed by atoms with E-state index in [0.717, 1.165) is 72.1 Å². The number of hydrogen-bond acceptors (Lipinski definition) is 10. The molecular weight excluding hydrogens is 622 g/mol. The molecule has 2 fully saturated rings. The number of esters is 1. The van der Waals surface area contributed by atoms with Crippen LogP contribution in [-0.4, -0.2) is 76.8 Å². The molecule has 0 bridgehead atoms. The normalized spacial score (nSPS) is 20.4. The number of nitrogens with zero attached hydrogens (tertiary/aromatic N) is 4. The second kappa shape index (κ2) is 16.1. The standard InChI is InChI=1S/C38H43N5O6/c1-26(47-27(2)45)36(46)41-23-32-6-3-4-7-34(32)29-12-14-31(15-13-29)37-48-33(22-35(49-37)30-10-8-28(25-44)9-11-30)24-42-18-20-43(21-19-42)38-39-16-5-17-40-38/h3-17,26,33,35,37,44H,18-25H2,1-2H3,(H,41,46). The summed E-state index contributed by atoms with van der Waals surface area (Å²) in [6.45, 7) is 7.37. The van der Waals surface area contributed by atoms with Crippen molar-refractivity contribution in [1.29, 1.82) is 0 Å². The van der Waals surface area contributed by atoms with E-state index in [1.54, 1.807) is 19.3 Å². The van der Waals surface area contributed by atoms with Crippen LogP contribution in [0.4, 0.5) is 5.95 Å². The molecule has 0 aliphatic carbocycles. The number of anilines is 1. The monoisotopic (exact) mass is 665 g/mol. The van der Waals surface area contributed by atoms with Crippen LogP contribution in [0.2, 0.25) is 0 Å². The van der Waals surface area contributed by atoms with Gasteiger partial charge in [-0.3, -0.25) is 14.5 Å². The lowest BCUT2D eigenvalue weighted by atomic mass is 9.97. The van der Waals surface area contributed by atoms with E-state index in [1.807, 2.05) is 78.9 Å². The molecule has 11 nitrogen and oxygen atoms in total. The molecule has 11 heteroatoms. The first-order valence-electron chi connectivity index (χ1n) is 16.7. The van der Waals surface area contributed by atoms with Crippen molar-refractivity contribution in [2.24, 2.45) is 0 Å². The number of aromatic nitrogens is 2. The molecule has 3 heterocycles. The van der Waals surface area contributed by atoms with E-state index in [9.17, 15) is 14.7 Å². The number of amides is 1. The summed E-state index contributed by atoms with van der Waals surface area (Å²) in [5.41, 5.74) is 5.74. The molecule has 0 radical (unpaired) electrons. The Morgan fingerprint density at radius 2 is 1.61 bits per heavy atom. The first-order valence-corrected chi connectivity index (χ1v) is 16.7. The Kier molecular flexibility index (Phi) is 11.3. The third-order valence-electron chi connectivity index (χ3n) is 8.96. The second-order valence-corrected chi connectivity index (χ2v) is 12.4. The number of aliphatic hydroxyl groups excluding tert-OH is 1. The predicted molar refractivity (Wildman–Crippen MR) is 184 cm³/mol. The molecule has 6 rings (SSSR count). The van der Waals surface area contributed by atoms with E-state index in [1.165, 1.54) is 6.92 Å². The smallest absolute Gasteiger partial charge is 0.303 e. The van der Waals surface area contributed by atoms with E-state index in [-0.39, 0.29) is 24.7 Å². The van der Waals surface area contributed by atoms with Crippen LogP contribution in [-0.2, 0) is 37.0 Å². The van der Waals surface area contributed by atoms with Crippen molar-refractivity contribution in [2.45, 2.75) is 58.0 Å². The Balaban J connectivity index is 1.15. The number of hydrogen-bond donors (Lipinski definition) is 2. The molecule has 2 aliphatic heterocycles. The second-order valence-electron chi connectivity index (χ2n) is 12.4. The molecule has 2 saturated heterocycles. The third-order valence-corrected chi connectivity index (χ3v) is 8.96. The van der Waals surface area contributed by atoms with Gasteiger partial charge in [0.15, 0.2) is 12.4 Å². The third kappa shape index (κ3) is 8.87. The predicted octanol–water partition coefficient (Wildman–Crippen LogP) is 4.57. The SMILES string of the molecule is CC(=O)OC(C)C(=O)NCc1ccccc1-c1ccc(C2OC(CN3CCN(c4ncccn4)CC3)CC(c3ccc(CO)cc3)O2)cc1. The number of benzene rings is 3. The molecule has 1 amide bonds. The Labute approximate surface area is 286 Å². The van der Waals surface area contributed by atoms with Gasteiger partial charge in [-0.1, -0.05) is 72.8 Å². The van der Waals surface area contributed by atoms with Gasteiger partial charge in [-0.05, 0) is 40.8 Å². The van der Waals surface area contributed by atoms with Gasteiger partial charge < -0.3 is 29.5 Å². The van der Waals surface area contributed by atoms with Crippen LogP contribution in [0, 0.1) is 0 Å². The van der Waals surface area contributed by atoms with Crippen LogP contribution in [0.25, 0.3) is 11.1 Å². The summed E-state index contributed by atoms with van der Waals surface area (Å²) in [5, 5.41) is 12.4. The molecule has 2 N–H and O–H groups in total. The van der Waals surface area contributed by atoms with E-state index >= 15 is 0 Å². The Hall–Kier alpha value is -4.68. The van der Waals surface area contributed by atoms with Crippen molar-refractivity contribution in [3.05, 3.63) is 114 Å². The highest BCUT2D eigenvalue weighted by atomic mass is 16.7. The Bertz CT molecular complexity index is 1680. The summed E-state index contributed by atoms with van der Waals surface area (Å²) in [5.74, 6) is -0.0849. The fourth-order valence-corrected chi connectivity index (χ4v) is 6.31. The van der Waals surface area contributed by atoms with E-state index in [0.29, 0.717) is 13.0 Å². The highest BCUT2D eigenvalue weighted by Crippen LogP contribution is 2.39. The van der Waals surface area contributed by atoms with Gasteiger partial charge >= 0.3 is 5.97 Å². The van der Waals surface area contributed by atoms with Gasteiger partial charge in [0.05, 0.1) is 18.8 Å². The summed E-state index contributed by atoms with van der Waals surface area (Å²) in [7, 11) is 0. The summed E-state index contributed by atoms with van der Waals surface area (Å²) in [6.07, 6.45) is 2.61. The zero-order valence-corrected chi connectivity index (χ0v) is 27.9. The summed E-state index contributed by atoms with van der Waals surface area (Å²) in [6, 6.07) is 25.8. The molecule has 4 atom stereocenters. The molecule has 4 unspecified atom stereocenters. The number of carbonyl (C=O) groups is 2. The van der Waals surface area contributed by atoms with E-state index in [4.69, 9.17) is 14.2 Å². The van der Waals surface area contributed by atoms with E-state index < -0.39 is 18.4 Å². The quantitative estimate of drug-likeness (QED) is 0.220. The first kappa shape index (κ1) is 34.2. The van der Waals surface area contributed by atoms with Gasteiger partial charge in [-0.2, -0.15) is 0 Å². The lowest BCUT2D eigenvalue weighted by molar-refractivity contribution is -0.253. The highest BCUT2D eigenvalue weighted by molar-refractivity contribution is 5.83. The van der Waals surface area contributed by atoms with E-state index in [2.05, 4.69) is 25.1 Å². The van der Waals surface area contributed by atoms with Crippen LogP contribution in [0.3, 0.4) is 0 Å². The van der Waals surface area contributed by atoms with Crippen molar-refractivity contribution in [3.8, 4) is 11.1 Å². The number of piperazine rings is 1. The zero-order valence-electron chi connectivity index (χ0n) is 27.9. The molecule has 3 aromatic carbocycles. The summed E-state index contributed by atoms with van der Waals surface area (Å²) < 4.78 is 18.3. The molecule has 0 saturated carbocycles. The van der Waals surface area contributed by atoms with Crippen molar-refractivity contribution in [1.82, 2.24) is 20.2 Å². The fraction of sp³-hybridized carbons (Fsp3) is 0.368. The summed E-state index contributed by atoms with van der Waals surface area (Å²) in [4.78, 5) is 37.2. The maximum Gasteiger partial charge on any atom is 0.303 e. The highest BCUT2D eigenvalue weighted by Gasteiger charge is 2.34. The molecule has 1 aromatic heterocycles. The van der Waals surface area contributed by atoms with Crippen molar-refractivity contribution < 1.29 is 28.9 Å². The van der Waals surface area contributed by atoms with Gasteiger partial charge in [0, 0.05) is 70.6 Å². The minimum absolute atomic E-state index is 0.00455. The molecule has 49 heavy (non-hydrogen) atoms. The van der Waals surface area contributed by atoms with Crippen molar-refractivity contribution in [3.63, 3.8) is 0 Å². The van der Waals surface area contributed by atoms with Gasteiger partial charge in [0.1, 0.15) is 0 Å². The van der Waals surface area contributed by atoms with Crippen molar-refractivity contribution in [2.75, 3.05) is 37.6 Å². The number of aliphatic hydroxyl groups is 1. The maximum atomic E-state index is 12.5. The molecule has 0 spiro atoms. The van der Waals surface area contributed by atoms with Gasteiger partial charge in [0.2, 0.25) is 5.95 Å². The topological polar surface area (TPSA) is 126 Å². The minimum Gasteiger partial charge on any atom is -0.453 e. The summed E-state index contributed by atoms with van der Waals surface area (Å²) >= 11 is 0. The lowest BCUT2D eigenvalue weighted by Crippen LogP contribution is -2.50. The first-order chi connectivity index (χ1) is 23.9. The number of carbonyl (C=O) groups excluding carboxylic acids is 2. The van der Waals surface area contributed by atoms with Crippen LogP contribution in [0.15, 0.2) is 91.3 Å². The lowest BCUT2D eigenvalue weighted by Gasteiger charge is -2.40. The fourth-order valence-electron chi connectivity index (χ4n) is 6.31. The van der Waals surface area contributed by atoms with Crippen LogP contribution in [0.5, 0.6) is 0 Å². The zero-order chi connectivity index (χ0) is 34.2. The van der Waals surface area contributed by atoms with Crippen molar-refractivity contribution >= 4 is 17.8 Å². The molecule has 4 aromatic rings. The Morgan fingerprint density at radius 1 is 0.918 bits per heavy atom. The average molecular weight is 666 g/mol.